The number of carboxylic acids is 1. The molecule has 0 atom stereocenters. The van der Waals surface area contributed by atoms with Gasteiger partial charge in [0.05, 0.1) is 10.6 Å². The number of halogens is 1. The molecule has 5 nitrogen and oxygen atoms in total. The fraction of sp³-hybridized carbons (Fsp3) is 0.176. The number of hydrogen-bond donors (Lipinski definition) is 2. The van der Waals surface area contributed by atoms with Gasteiger partial charge in [0.15, 0.2) is 6.61 Å². The monoisotopic (exact) mass is 333 g/mol. The van der Waals surface area contributed by atoms with E-state index in [9.17, 15) is 9.59 Å². The second kappa shape index (κ2) is 7.15. The number of aromatic carboxylic acids is 1. The first-order valence-electron chi connectivity index (χ1n) is 6.89. The molecule has 0 spiro atoms. The summed E-state index contributed by atoms with van der Waals surface area (Å²) < 4.78 is 5.47. The number of rotatable bonds is 5. The molecule has 120 valence electrons. The van der Waals surface area contributed by atoms with Crippen molar-refractivity contribution in [2.24, 2.45) is 0 Å². The third-order valence-electron chi connectivity index (χ3n) is 3.11. The largest absolute Gasteiger partial charge is 0.482 e. The summed E-state index contributed by atoms with van der Waals surface area (Å²) in [4.78, 5) is 22.8. The number of hydrogen-bond acceptors (Lipinski definition) is 3. The van der Waals surface area contributed by atoms with Gasteiger partial charge in [-0.15, -0.1) is 0 Å². The molecular weight excluding hydrogens is 318 g/mol. The topological polar surface area (TPSA) is 75.6 Å². The van der Waals surface area contributed by atoms with E-state index in [4.69, 9.17) is 21.4 Å². The average molecular weight is 334 g/mol. The summed E-state index contributed by atoms with van der Waals surface area (Å²) in [7, 11) is 0. The molecule has 2 rings (SSSR count). The van der Waals surface area contributed by atoms with E-state index in [1.54, 1.807) is 18.2 Å². The molecule has 2 N–H and O–H groups in total. The molecule has 0 saturated heterocycles. The first-order chi connectivity index (χ1) is 10.9. The van der Waals surface area contributed by atoms with Crippen molar-refractivity contribution < 1.29 is 19.4 Å². The lowest BCUT2D eigenvalue weighted by Gasteiger charge is -2.12. The second-order valence-corrected chi connectivity index (χ2v) is 5.52. The number of carboxylic acid groups (broad SMARTS) is 1. The maximum Gasteiger partial charge on any atom is 0.335 e. The molecule has 2 aromatic rings. The van der Waals surface area contributed by atoms with Crippen LogP contribution in [0.4, 0.5) is 5.69 Å². The lowest BCUT2D eigenvalue weighted by molar-refractivity contribution is -0.118. The van der Waals surface area contributed by atoms with E-state index in [0.29, 0.717) is 16.5 Å². The van der Waals surface area contributed by atoms with Gasteiger partial charge in [-0.1, -0.05) is 23.7 Å². The Kier molecular flexibility index (Phi) is 5.24. The summed E-state index contributed by atoms with van der Waals surface area (Å²) in [6.07, 6.45) is 0. The summed E-state index contributed by atoms with van der Waals surface area (Å²) in [6, 6.07) is 9.66. The molecule has 0 aromatic heterocycles. The Morgan fingerprint density at radius 1 is 1.22 bits per heavy atom. The van der Waals surface area contributed by atoms with Crippen LogP contribution in [-0.4, -0.2) is 23.6 Å². The number of ether oxygens (including phenoxy) is 1. The second-order valence-electron chi connectivity index (χ2n) is 5.12. The number of anilines is 1. The number of nitrogens with one attached hydrogen (secondary N) is 1. The first kappa shape index (κ1) is 16.8. The molecule has 0 aliphatic rings. The standard InChI is InChI=1S/C17H16ClNO4/c1-10-6-11(2)16(14(18)7-10)23-9-15(20)19-13-5-3-4-12(8-13)17(21)22/h3-8H,9H2,1-2H3,(H,19,20)(H,21,22). The fourth-order valence-corrected chi connectivity index (χ4v) is 2.53. The van der Waals surface area contributed by atoms with E-state index in [1.807, 2.05) is 19.9 Å². The van der Waals surface area contributed by atoms with Crippen molar-refractivity contribution in [3.63, 3.8) is 0 Å². The Labute approximate surface area is 138 Å². The highest BCUT2D eigenvalue weighted by molar-refractivity contribution is 6.32. The van der Waals surface area contributed by atoms with Crippen molar-refractivity contribution in [2.75, 3.05) is 11.9 Å². The van der Waals surface area contributed by atoms with E-state index in [2.05, 4.69) is 5.32 Å². The molecule has 0 fully saturated rings. The van der Waals surface area contributed by atoms with Crippen LogP contribution in [0.1, 0.15) is 21.5 Å². The van der Waals surface area contributed by atoms with Gasteiger partial charge in [-0.2, -0.15) is 0 Å². The predicted octanol–water partition coefficient (Wildman–Crippen LogP) is 3.67. The molecular formula is C17H16ClNO4. The number of carbonyl (C=O) groups excluding carboxylic acids is 1. The van der Waals surface area contributed by atoms with Crippen molar-refractivity contribution in [1.82, 2.24) is 0 Å². The highest BCUT2D eigenvalue weighted by Gasteiger charge is 2.10. The quantitative estimate of drug-likeness (QED) is 0.875. The van der Waals surface area contributed by atoms with Gasteiger partial charge in [0.25, 0.3) is 5.91 Å². The third kappa shape index (κ3) is 4.47. The summed E-state index contributed by atoms with van der Waals surface area (Å²) in [5.41, 5.74) is 2.34. The minimum atomic E-state index is -1.06. The molecule has 1 amide bonds. The van der Waals surface area contributed by atoms with Crippen molar-refractivity contribution in [1.29, 1.82) is 0 Å². The smallest absolute Gasteiger partial charge is 0.335 e. The van der Waals surface area contributed by atoms with Crippen LogP contribution >= 0.6 is 11.6 Å². The van der Waals surface area contributed by atoms with E-state index in [-0.39, 0.29) is 12.2 Å². The van der Waals surface area contributed by atoms with Crippen LogP contribution in [0.2, 0.25) is 5.02 Å². The van der Waals surface area contributed by atoms with Gasteiger partial charge in [-0.3, -0.25) is 4.79 Å². The van der Waals surface area contributed by atoms with E-state index in [1.165, 1.54) is 12.1 Å². The molecule has 0 unspecified atom stereocenters. The van der Waals surface area contributed by atoms with Crippen LogP contribution in [0.3, 0.4) is 0 Å². The van der Waals surface area contributed by atoms with Gasteiger partial charge in [0.1, 0.15) is 5.75 Å². The summed E-state index contributed by atoms with van der Waals surface area (Å²) in [6.45, 7) is 3.55. The van der Waals surface area contributed by atoms with Crippen molar-refractivity contribution in [3.8, 4) is 5.75 Å². The molecule has 23 heavy (non-hydrogen) atoms. The molecule has 0 bridgehead atoms. The number of carbonyl (C=O) groups is 2. The zero-order valence-electron chi connectivity index (χ0n) is 12.7. The summed E-state index contributed by atoms with van der Waals surface area (Å²) in [5, 5.41) is 12.0. The minimum absolute atomic E-state index is 0.0983. The van der Waals surface area contributed by atoms with E-state index < -0.39 is 11.9 Å². The lowest BCUT2D eigenvalue weighted by atomic mass is 10.1. The normalized spacial score (nSPS) is 10.2. The Morgan fingerprint density at radius 3 is 2.61 bits per heavy atom. The van der Waals surface area contributed by atoms with Crippen LogP contribution < -0.4 is 10.1 Å². The number of benzene rings is 2. The molecule has 0 saturated carbocycles. The maximum atomic E-state index is 11.9. The van der Waals surface area contributed by atoms with Crippen LogP contribution in [-0.2, 0) is 4.79 Å². The van der Waals surface area contributed by atoms with Gasteiger partial charge in [0, 0.05) is 5.69 Å². The van der Waals surface area contributed by atoms with Crippen molar-refractivity contribution >= 4 is 29.2 Å². The molecule has 6 heteroatoms. The molecule has 0 aliphatic heterocycles. The zero-order chi connectivity index (χ0) is 17.0. The van der Waals surface area contributed by atoms with Crippen LogP contribution in [0, 0.1) is 13.8 Å². The van der Waals surface area contributed by atoms with Crippen molar-refractivity contribution in [2.45, 2.75) is 13.8 Å². The fourth-order valence-electron chi connectivity index (χ4n) is 2.15. The van der Waals surface area contributed by atoms with E-state index in [0.717, 1.165) is 11.1 Å². The van der Waals surface area contributed by atoms with Crippen LogP contribution in [0.25, 0.3) is 0 Å². The summed E-state index contributed by atoms with van der Waals surface area (Å²) in [5.74, 6) is -0.991. The minimum Gasteiger partial charge on any atom is -0.482 e. The maximum absolute atomic E-state index is 11.9. The average Bonchev–Trinajstić information content (AvgIpc) is 2.46. The number of amides is 1. The van der Waals surface area contributed by atoms with Gasteiger partial charge in [0.2, 0.25) is 0 Å². The Bertz CT molecular complexity index is 735. The van der Waals surface area contributed by atoms with E-state index >= 15 is 0 Å². The lowest BCUT2D eigenvalue weighted by Crippen LogP contribution is -2.20. The highest BCUT2D eigenvalue weighted by atomic mass is 35.5. The highest BCUT2D eigenvalue weighted by Crippen LogP contribution is 2.29. The van der Waals surface area contributed by atoms with Crippen molar-refractivity contribution in [3.05, 3.63) is 58.1 Å². The van der Waals surface area contributed by atoms with Gasteiger partial charge < -0.3 is 15.2 Å². The number of aryl methyl sites for hydroxylation is 2. The third-order valence-corrected chi connectivity index (χ3v) is 3.40. The Hall–Kier alpha value is -2.53. The molecule has 0 radical (unpaired) electrons. The molecule has 2 aromatic carbocycles. The predicted molar refractivity (Wildman–Crippen MR) is 88.5 cm³/mol. The van der Waals surface area contributed by atoms with Crippen LogP contribution in [0.5, 0.6) is 5.75 Å². The van der Waals surface area contributed by atoms with Gasteiger partial charge >= 0.3 is 5.97 Å². The van der Waals surface area contributed by atoms with Crippen LogP contribution in [0.15, 0.2) is 36.4 Å². The molecule has 0 heterocycles. The summed E-state index contributed by atoms with van der Waals surface area (Å²) >= 11 is 6.11. The first-order valence-corrected chi connectivity index (χ1v) is 7.27. The van der Waals surface area contributed by atoms with Gasteiger partial charge in [-0.25, -0.2) is 4.79 Å². The SMILES string of the molecule is Cc1cc(C)c(OCC(=O)Nc2cccc(C(=O)O)c2)c(Cl)c1. The Balaban J connectivity index is 2.01. The zero-order valence-corrected chi connectivity index (χ0v) is 13.5. The molecule has 0 aliphatic carbocycles. The Morgan fingerprint density at radius 2 is 1.96 bits per heavy atom. The van der Waals surface area contributed by atoms with Gasteiger partial charge in [-0.05, 0) is 49.2 Å².